The van der Waals surface area contributed by atoms with Crippen LogP contribution in [0.25, 0.3) is 0 Å². The predicted octanol–water partition coefficient (Wildman–Crippen LogP) is 2.62. The van der Waals surface area contributed by atoms with Crippen LogP contribution in [0, 0.1) is 40.4 Å². The number of hydrogen-bond acceptors (Lipinski definition) is 10. The zero-order valence-electron chi connectivity index (χ0n) is 27.1. The van der Waals surface area contributed by atoms with Gasteiger partial charge < -0.3 is 39.4 Å². The molecule has 0 spiro atoms. The number of hydrogen-bond donors (Lipinski definition) is 4. The highest BCUT2D eigenvalue weighted by Gasteiger charge is 2.63. The van der Waals surface area contributed by atoms with Gasteiger partial charge in [0, 0.05) is 20.0 Å². The first kappa shape index (κ1) is 33.0. The van der Waals surface area contributed by atoms with Gasteiger partial charge in [0.05, 0.1) is 30.3 Å². The molecule has 0 aromatic carbocycles. The molecule has 4 aliphatic carbocycles. The molecule has 2 aliphatic heterocycles. The molecule has 2 heterocycles. The van der Waals surface area contributed by atoms with E-state index >= 15 is 0 Å². The molecule has 6 rings (SSSR count). The van der Waals surface area contributed by atoms with Gasteiger partial charge >= 0.3 is 5.97 Å². The Morgan fingerprint density at radius 2 is 1.82 bits per heavy atom. The van der Waals surface area contributed by atoms with Crippen LogP contribution in [-0.2, 0) is 28.5 Å². The normalized spacial score (nSPS) is 47.0. The van der Waals surface area contributed by atoms with Gasteiger partial charge in [-0.1, -0.05) is 37.6 Å². The van der Waals surface area contributed by atoms with Gasteiger partial charge in [-0.05, 0) is 80.1 Å². The third-order valence-corrected chi connectivity index (χ3v) is 12.9. The number of fused-ring (bicyclic) bond motifs is 5. The number of esters is 1. The van der Waals surface area contributed by atoms with Gasteiger partial charge in [-0.25, -0.2) is 4.79 Å². The Bertz CT molecular complexity index is 1270. The molecule has 0 bridgehead atoms. The Labute approximate surface area is 265 Å². The molecule has 10 nitrogen and oxygen atoms in total. The summed E-state index contributed by atoms with van der Waals surface area (Å²) in [6.45, 7) is 7.90. The summed E-state index contributed by atoms with van der Waals surface area (Å²) in [5.41, 5.74) is 1.87. The highest BCUT2D eigenvalue weighted by molar-refractivity contribution is 5.92. The van der Waals surface area contributed by atoms with Crippen LogP contribution < -0.4 is 0 Å². The predicted molar refractivity (Wildman–Crippen MR) is 162 cm³/mol. The number of rotatable bonds is 7. The van der Waals surface area contributed by atoms with E-state index in [0.717, 1.165) is 36.8 Å². The molecule has 14 atom stereocenters. The molecule has 10 heteroatoms. The Morgan fingerprint density at radius 3 is 2.51 bits per heavy atom. The van der Waals surface area contributed by atoms with Crippen LogP contribution in [0.4, 0.5) is 0 Å². The Morgan fingerprint density at radius 1 is 1.07 bits per heavy atom. The van der Waals surface area contributed by atoms with Crippen LogP contribution in [0.3, 0.4) is 0 Å². The third-order valence-electron chi connectivity index (χ3n) is 12.9. The summed E-state index contributed by atoms with van der Waals surface area (Å²) in [5, 5.41) is 39.9. The summed E-state index contributed by atoms with van der Waals surface area (Å²) in [4.78, 5) is 26.7. The molecule has 6 aliphatic rings. The minimum Gasteiger partial charge on any atom is -0.458 e. The number of carbonyl (C=O) groups is 2. The fraction of sp³-hybridized carbons (Fsp3) is 0.771. The molecule has 2 saturated carbocycles. The number of carbonyl (C=O) groups excluding carboxylic acids is 2. The van der Waals surface area contributed by atoms with Crippen molar-refractivity contribution in [2.75, 3.05) is 20.3 Å². The van der Waals surface area contributed by atoms with E-state index in [1.807, 2.05) is 13.0 Å². The summed E-state index contributed by atoms with van der Waals surface area (Å²) in [7, 11) is 1.78. The Hall–Kier alpha value is -1.92. The SMILES string of the molecule is COC1C=C2C=CCC(=O)C2(C)C2CCC3(C)C(C(C)C4CC(C)=C(COC5OC(CO)C(O)C(O)C5O)C(=O)O4)CCC3C12. The Kier molecular flexibility index (Phi) is 9.00. The molecule has 1 saturated heterocycles. The largest absolute Gasteiger partial charge is 0.458 e. The smallest absolute Gasteiger partial charge is 0.336 e. The third kappa shape index (κ3) is 5.19. The lowest BCUT2D eigenvalue weighted by atomic mass is 9.46. The van der Waals surface area contributed by atoms with Crippen LogP contribution in [0.5, 0.6) is 0 Å². The van der Waals surface area contributed by atoms with Gasteiger partial charge in [-0.2, -0.15) is 0 Å². The van der Waals surface area contributed by atoms with E-state index in [1.54, 1.807) is 7.11 Å². The summed E-state index contributed by atoms with van der Waals surface area (Å²) in [5.74, 6) is 1.22. The number of methoxy groups -OCH3 is 1. The van der Waals surface area contributed by atoms with Crippen molar-refractivity contribution in [1.29, 1.82) is 0 Å². The monoisotopic (exact) mass is 630 g/mol. The number of Topliss-reactive ketones (excluding diaryl/α,β-unsaturated/α-hetero) is 1. The van der Waals surface area contributed by atoms with Gasteiger partial charge in [0.2, 0.25) is 0 Å². The number of aliphatic hydroxyl groups excluding tert-OH is 4. The minimum atomic E-state index is -1.56. The molecule has 45 heavy (non-hydrogen) atoms. The molecule has 3 fully saturated rings. The quantitative estimate of drug-likeness (QED) is 0.309. The Balaban J connectivity index is 1.16. The molecule has 0 aromatic heterocycles. The van der Waals surface area contributed by atoms with Crippen LogP contribution in [0.2, 0.25) is 0 Å². The number of cyclic esters (lactones) is 1. The number of ether oxygens (including phenoxy) is 4. The lowest BCUT2D eigenvalue weighted by molar-refractivity contribution is -0.299. The average Bonchev–Trinajstić information content (AvgIpc) is 3.37. The standard InChI is InChI=1S/C35H50O10/c1-17-13-24(44-32(41)20(17)16-43-33-31(40)30(39)29(38)26(15-36)45-33)18(2)21-9-10-22-28-23(11-12-34(21,22)3)35(4)19(14-25(28)42-5)7-6-8-27(35)37/h6-7,14,18,21-26,28-31,33,36,38-40H,8-13,15-16H2,1-5H3. The van der Waals surface area contributed by atoms with Crippen molar-refractivity contribution >= 4 is 11.8 Å². The van der Waals surface area contributed by atoms with E-state index in [0.29, 0.717) is 36.0 Å². The van der Waals surface area contributed by atoms with Crippen LogP contribution in [0.1, 0.15) is 66.2 Å². The van der Waals surface area contributed by atoms with Gasteiger partial charge in [0.1, 0.15) is 36.3 Å². The summed E-state index contributed by atoms with van der Waals surface area (Å²) in [6, 6.07) is 0. The van der Waals surface area contributed by atoms with Crippen molar-refractivity contribution in [2.24, 2.45) is 40.4 Å². The van der Waals surface area contributed by atoms with Crippen molar-refractivity contribution in [3.8, 4) is 0 Å². The summed E-state index contributed by atoms with van der Waals surface area (Å²) < 4.78 is 23.3. The van der Waals surface area contributed by atoms with Crippen LogP contribution in [-0.4, -0.2) is 95.4 Å². The highest BCUT2D eigenvalue weighted by Crippen LogP contribution is 2.67. The first-order valence-corrected chi connectivity index (χ1v) is 16.6. The van der Waals surface area contributed by atoms with E-state index in [9.17, 15) is 30.0 Å². The van der Waals surface area contributed by atoms with Gasteiger partial charge in [0.25, 0.3) is 0 Å². The number of ketones is 1. The molecule has 0 aromatic rings. The van der Waals surface area contributed by atoms with Gasteiger partial charge in [0.15, 0.2) is 6.29 Å². The zero-order valence-corrected chi connectivity index (χ0v) is 27.1. The van der Waals surface area contributed by atoms with E-state index in [1.165, 1.54) is 0 Å². The maximum atomic E-state index is 13.4. The second-order valence-electron chi connectivity index (χ2n) is 14.8. The summed E-state index contributed by atoms with van der Waals surface area (Å²) in [6.07, 6.45) is 4.16. The van der Waals surface area contributed by atoms with Gasteiger partial charge in [-0.15, -0.1) is 0 Å². The van der Waals surface area contributed by atoms with E-state index in [-0.39, 0.29) is 42.0 Å². The van der Waals surface area contributed by atoms with Crippen molar-refractivity contribution < 1.29 is 49.0 Å². The van der Waals surface area contributed by atoms with E-state index in [2.05, 4.69) is 32.9 Å². The molecule has 250 valence electrons. The molecule has 14 unspecified atom stereocenters. The summed E-state index contributed by atoms with van der Waals surface area (Å²) >= 11 is 0. The molecular weight excluding hydrogens is 580 g/mol. The van der Waals surface area contributed by atoms with Crippen LogP contribution >= 0.6 is 0 Å². The first-order valence-electron chi connectivity index (χ1n) is 16.6. The second-order valence-corrected chi connectivity index (χ2v) is 14.8. The molecular formula is C35H50O10. The van der Waals surface area contributed by atoms with Crippen molar-refractivity contribution in [2.45, 2.75) is 109 Å². The van der Waals surface area contributed by atoms with E-state index < -0.39 is 48.7 Å². The average molecular weight is 631 g/mol. The fourth-order valence-corrected chi connectivity index (χ4v) is 10.2. The maximum absolute atomic E-state index is 13.4. The van der Waals surface area contributed by atoms with Crippen molar-refractivity contribution in [3.05, 3.63) is 34.9 Å². The number of aliphatic hydroxyl groups is 4. The van der Waals surface area contributed by atoms with E-state index in [4.69, 9.17) is 18.9 Å². The second kappa shape index (κ2) is 12.3. The zero-order chi connectivity index (χ0) is 32.4. The first-order chi connectivity index (χ1) is 21.4. The number of allylic oxidation sites excluding steroid dienone is 3. The minimum absolute atomic E-state index is 0.0309. The van der Waals surface area contributed by atoms with Gasteiger partial charge in [-0.3, -0.25) is 4.79 Å². The highest BCUT2D eigenvalue weighted by atomic mass is 16.7. The molecule has 4 N–H and O–H groups in total. The molecule has 0 radical (unpaired) electrons. The topological polar surface area (TPSA) is 152 Å². The lowest BCUT2D eigenvalue weighted by Crippen LogP contribution is -2.59. The fourth-order valence-electron chi connectivity index (χ4n) is 10.2. The molecule has 0 amide bonds. The van der Waals surface area contributed by atoms with Crippen molar-refractivity contribution in [1.82, 2.24) is 0 Å². The maximum Gasteiger partial charge on any atom is 0.336 e. The van der Waals surface area contributed by atoms with Crippen molar-refractivity contribution in [3.63, 3.8) is 0 Å². The lowest BCUT2D eigenvalue weighted by Gasteiger charge is -2.58. The van der Waals surface area contributed by atoms with Crippen LogP contribution in [0.15, 0.2) is 34.9 Å².